The van der Waals surface area contributed by atoms with Crippen molar-refractivity contribution in [3.05, 3.63) is 37.9 Å². The zero-order chi connectivity index (χ0) is 27.2. The Hall–Kier alpha value is 0.470. The van der Waals surface area contributed by atoms with Gasteiger partial charge in [-0.25, -0.2) is 9.55 Å². The number of halogens is 1. The molecule has 3 N–H and O–H groups in total. The molecular weight excluding hydrogens is 686 g/mol. The van der Waals surface area contributed by atoms with Crippen LogP contribution in [0.15, 0.2) is 23.5 Å². The Balaban J connectivity index is 0.00000220. The van der Waals surface area contributed by atoms with Gasteiger partial charge in [0.1, 0.15) is 12.9 Å². The van der Waals surface area contributed by atoms with Crippen molar-refractivity contribution in [2.75, 3.05) is 12.4 Å². The van der Waals surface area contributed by atoms with Gasteiger partial charge in [0, 0.05) is 82.0 Å². The molecule has 1 amide bonds. The Bertz CT molecular complexity index is 1320. The molecule has 0 spiro atoms. The van der Waals surface area contributed by atoms with Gasteiger partial charge in [-0.3, -0.25) is 14.6 Å². The van der Waals surface area contributed by atoms with E-state index in [1.54, 1.807) is 13.3 Å². The van der Waals surface area contributed by atoms with E-state index in [1.807, 2.05) is 13.0 Å². The monoisotopic (exact) mass is 719 g/mol. The van der Waals surface area contributed by atoms with Crippen LogP contribution in [0.5, 0.6) is 5.75 Å². The summed E-state index contributed by atoms with van der Waals surface area (Å²) in [6, 6.07) is 3.87. The van der Waals surface area contributed by atoms with Gasteiger partial charge in [0.15, 0.2) is 5.13 Å². The Kier molecular flexibility index (Phi) is 12.3. The van der Waals surface area contributed by atoms with E-state index in [2.05, 4.69) is 51.0 Å². The summed E-state index contributed by atoms with van der Waals surface area (Å²) in [6.07, 6.45) is 7.62. The number of fused-ring (bicyclic) bond motifs is 5. The molecule has 2 aromatic rings. The molecule has 1 aromatic heterocycles. The molecular formula is C26H33IN3Na2O6PS. The topological polar surface area (TPSA) is 130 Å². The first-order valence-corrected chi connectivity index (χ1v) is 16.3. The molecule has 3 aliphatic rings. The molecule has 208 valence electrons. The minimum absolute atomic E-state index is 0. The summed E-state index contributed by atoms with van der Waals surface area (Å²) in [6.45, 7) is 4.29. The van der Waals surface area contributed by atoms with Crippen molar-refractivity contribution in [2.24, 2.45) is 28.3 Å². The molecule has 2 radical (unpaired) electrons. The minimum Gasteiger partial charge on any atom is -0.403 e. The first-order chi connectivity index (χ1) is 18.0. The SMILES string of the molecule is CON=C1C[C@@H](CCC(=O)Nc2ncc(C)s2)C2C3CCc4cc(OP(=O)(O)O)c(I)cc4C3CC[C@]12C.[Na].[Na]. The molecule has 5 atom stereocenters. The van der Waals surface area contributed by atoms with Crippen LogP contribution in [0.1, 0.15) is 67.4 Å². The number of phosphoric ester groups is 1. The summed E-state index contributed by atoms with van der Waals surface area (Å²) in [7, 11) is -3.03. The maximum Gasteiger partial charge on any atom is 0.524 e. The maximum atomic E-state index is 12.8. The van der Waals surface area contributed by atoms with Crippen LogP contribution >= 0.6 is 41.8 Å². The second-order valence-corrected chi connectivity index (χ2v) is 14.5. The fraction of sp³-hybridized carbons (Fsp3) is 0.577. The number of anilines is 1. The van der Waals surface area contributed by atoms with Crippen LogP contribution in [0.2, 0.25) is 0 Å². The molecule has 2 fully saturated rings. The number of carbonyl (C=O) groups excluding carboxylic acids is 1. The first-order valence-electron chi connectivity index (χ1n) is 12.9. The minimum atomic E-state index is -4.63. The predicted molar refractivity (Wildman–Crippen MR) is 166 cm³/mol. The van der Waals surface area contributed by atoms with Crippen molar-refractivity contribution in [3.63, 3.8) is 0 Å². The fourth-order valence-electron chi connectivity index (χ4n) is 7.28. The van der Waals surface area contributed by atoms with Gasteiger partial charge in [0.05, 0.1) is 9.28 Å². The Morgan fingerprint density at radius 3 is 2.73 bits per heavy atom. The Morgan fingerprint density at radius 2 is 2.08 bits per heavy atom. The van der Waals surface area contributed by atoms with Crippen molar-refractivity contribution in [1.82, 2.24) is 4.98 Å². The van der Waals surface area contributed by atoms with E-state index in [0.29, 0.717) is 38.8 Å². The van der Waals surface area contributed by atoms with Crippen LogP contribution in [0.25, 0.3) is 0 Å². The summed E-state index contributed by atoms with van der Waals surface area (Å²) < 4.78 is 17.1. The number of hydrogen-bond acceptors (Lipinski definition) is 7. The molecule has 1 heterocycles. The third kappa shape index (κ3) is 7.39. The van der Waals surface area contributed by atoms with Crippen molar-refractivity contribution in [2.45, 2.75) is 64.7 Å². The zero-order valence-electron chi connectivity index (χ0n) is 23.6. The number of benzene rings is 1. The van der Waals surface area contributed by atoms with Crippen LogP contribution in [-0.2, 0) is 20.6 Å². The number of phosphoric acid groups is 1. The van der Waals surface area contributed by atoms with Gasteiger partial charge in [0.25, 0.3) is 0 Å². The molecule has 40 heavy (non-hydrogen) atoms. The number of hydrogen-bond donors (Lipinski definition) is 3. The van der Waals surface area contributed by atoms with E-state index in [1.165, 1.54) is 16.9 Å². The van der Waals surface area contributed by atoms with E-state index in [4.69, 9.17) is 9.36 Å². The fourth-order valence-corrected chi connectivity index (χ4v) is 9.14. The Labute approximate surface area is 297 Å². The molecule has 3 aliphatic carbocycles. The smallest absolute Gasteiger partial charge is 0.403 e. The van der Waals surface area contributed by atoms with Gasteiger partial charge >= 0.3 is 7.82 Å². The number of aryl methyl sites for hydroxylation is 2. The van der Waals surface area contributed by atoms with Gasteiger partial charge in [-0.05, 0) is 115 Å². The molecule has 14 heteroatoms. The van der Waals surface area contributed by atoms with Crippen molar-refractivity contribution in [1.29, 1.82) is 0 Å². The van der Waals surface area contributed by atoms with E-state index in [-0.39, 0.29) is 76.2 Å². The number of aromatic nitrogens is 1. The molecule has 2 saturated carbocycles. The van der Waals surface area contributed by atoms with E-state index >= 15 is 0 Å². The summed E-state index contributed by atoms with van der Waals surface area (Å²) >= 11 is 3.58. The summed E-state index contributed by atoms with van der Waals surface area (Å²) in [5.74, 6) is 1.72. The average molecular weight is 719 g/mol. The molecule has 0 aliphatic heterocycles. The van der Waals surface area contributed by atoms with Crippen LogP contribution in [-0.4, -0.2) is 92.6 Å². The Morgan fingerprint density at radius 1 is 1.32 bits per heavy atom. The summed E-state index contributed by atoms with van der Waals surface area (Å²) in [5, 5.41) is 8.07. The third-order valence-electron chi connectivity index (χ3n) is 8.68. The van der Waals surface area contributed by atoms with Gasteiger partial charge in [0.2, 0.25) is 5.91 Å². The molecule has 5 rings (SSSR count). The van der Waals surface area contributed by atoms with Crippen LogP contribution in [0, 0.1) is 33.7 Å². The predicted octanol–water partition coefficient (Wildman–Crippen LogP) is 5.27. The summed E-state index contributed by atoms with van der Waals surface area (Å²) in [4.78, 5) is 42.0. The normalized spacial score (nSPS) is 27.9. The van der Waals surface area contributed by atoms with Crippen LogP contribution in [0.3, 0.4) is 0 Å². The molecule has 0 bridgehead atoms. The molecule has 3 unspecified atom stereocenters. The number of thiazole rings is 1. The van der Waals surface area contributed by atoms with Gasteiger partial charge in [-0.2, -0.15) is 0 Å². The van der Waals surface area contributed by atoms with Gasteiger partial charge in [-0.15, -0.1) is 11.3 Å². The van der Waals surface area contributed by atoms with Crippen LogP contribution < -0.4 is 9.84 Å². The molecule has 9 nitrogen and oxygen atoms in total. The number of rotatable bonds is 7. The number of carbonyl (C=O) groups is 1. The quantitative estimate of drug-likeness (QED) is 0.154. The number of nitrogens with zero attached hydrogens (tertiary/aromatic N) is 2. The third-order valence-corrected chi connectivity index (χ3v) is 10.8. The van der Waals surface area contributed by atoms with Crippen molar-refractivity contribution >= 4 is 118 Å². The largest absolute Gasteiger partial charge is 0.524 e. The first kappa shape index (κ1) is 35.0. The maximum absolute atomic E-state index is 12.8. The van der Waals surface area contributed by atoms with Gasteiger partial charge in [-0.1, -0.05) is 12.1 Å². The summed E-state index contributed by atoms with van der Waals surface area (Å²) in [5.41, 5.74) is 3.41. The molecule has 1 aromatic carbocycles. The molecule has 0 saturated heterocycles. The number of oxime groups is 1. The zero-order valence-corrected chi connectivity index (χ0v) is 31.5. The second-order valence-electron chi connectivity index (χ2n) is 10.9. The average Bonchev–Trinajstić information content (AvgIpc) is 3.37. The van der Waals surface area contributed by atoms with E-state index in [9.17, 15) is 19.1 Å². The second kappa shape index (κ2) is 14.1. The van der Waals surface area contributed by atoms with Crippen molar-refractivity contribution < 1.29 is 28.5 Å². The van der Waals surface area contributed by atoms with E-state index in [0.717, 1.165) is 54.7 Å². The van der Waals surface area contributed by atoms with Crippen molar-refractivity contribution in [3.8, 4) is 5.75 Å². The number of nitrogens with one attached hydrogen (secondary N) is 1. The van der Waals surface area contributed by atoms with E-state index < -0.39 is 7.82 Å². The number of amides is 1. The standard InChI is InChI=1S/C26H33IN3O6PS.2Na/c1-14-13-28-25(38-14)29-23(31)7-5-16-11-22(30-35-3)26(2)9-8-17-18(24(16)26)6-4-15-10-21(36-37(32,33)34)20(27)12-19(15)17;;/h10,12-13,16-18,24H,4-9,11H2,1-3H3,(H,28,29,31)(H2,32,33,34);;/t16-,17?,18?,24?,26-;;/m1../s1. The van der Waals surface area contributed by atoms with Gasteiger partial charge < -0.3 is 14.7 Å². The van der Waals surface area contributed by atoms with Crippen LogP contribution in [0.4, 0.5) is 5.13 Å².